The third kappa shape index (κ3) is 8.05. The topological polar surface area (TPSA) is 102 Å². The fourth-order valence-electron chi connectivity index (χ4n) is 3.38. The summed E-state index contributed by atoms with van der Waals surface area (Å²) in [5.41, 5.74) is 2.12. The molecule has 0 aliphatic carbocycles. The van der Waals surface area contributed by atoms with Crippen molar-refractivity contribution in [3.05, 3.63) is 90.0 Å². The maximum absolute atomic E-state index is 13.2. The normalized spacial score (nSPS) is 12.2. The van der Waals surface area contributed by atoms with Crippen LogP contribution in [-0.4, -0.2) is 26.3 Å². The molecule has 184 valence electrons. The summed E-state index contributed by atoms with van der Waals surface area (Å²) in [6, 6.07) is 20.9. The quantitative estimate of drug-likeness (QED) is 0.320. The first-order valence-corrected chi connectivity index (χ1v) is 12.9. The van der Waals surface area contributed by atoms with E-state index < -0.39 is 22.0 Å². The minimum Gasteiger partial charge on any atom is -0.426 e. The molecule has 3 aromatic rings. The Hall–Kier alpha value is -3.49. The molecule has 0 bridgehead atoms. The summed E-state index contributed by atoms with van der Waals surface area (Å²) in [6.45, 7) is 5.70. The van der Waals surface area contributed by atoms with Crippen molar-refractivity contribution in [1.29, 1.82) is 0 Å². The summed E-state index contributed by atoms with van der Waals surface area (Å²) in [4.78, 5) is 25.3. The summed E-state index contributed by atoms with van der Waals surface area (Å²) in [5.74, 6) is -0.439. The van der Waals surface area contributed by atoms with Crippen LogP contribution in [0.1, 0.15) is 31.4 Å². The lowest BCUT2D eigenvalue weighted by Gasteiger charge is -2.19. The van der Waals surface area contributed by atoms with Gasteiger partial charge in [-0.3, -0.25) is 9.59 Å². The summed E-state index contributed by atoms with van der Waals surface area (Å²) in [7, 11) is -3.95. The number of esters is 1. The van der Waals surface area contributed by atoms with Crippen molar-refractivity contribution < 1.29 is 22.7 Å². The zero-order chi connectivity index (χ0) is 25.4. The van der Waals surface area contributed by atoms with Gasteiger partial charge in [0, 0.05) is 18.2 Å². The average molecular weight is 495 g/mol. The van der Waals surface area contributed by atoms with Crippen molar-refractivity contribution in [2.24, 2.45) is 5.92 Å². The summed E-state index contributed by atoms with van der Waals surface area (Å²) in [5, 5.41) is 2.74. The maximum atomic E-state index is 13.2. The van der Waals surface area contributed by atoms with E-state index in [4.69, 9.17) is 4.74 Å². The molecule has 2 N–H and O–H groups in total. The highest BCUT2D eigenvalue weighted by atomic mass is 32.2. The van der Waals surface area contributed by atoms with E-state index in [9.17, 15) is 18.0 Å². The number of hydrogen-bond donors (Lipinski definition) is 2. The lowest BCUT2D eigenvalue weighted by atomic mass is 10.1. The van der Waals surface area contributed by atoms with Crippen molar-refractivity contribution in [1.82, 2.24) is 4.72 Å². The number of carbonyl (C=O) groups is 2. The zero-order valence-electron chi connectivity index (χ0n) is 20.0. The highest BCUT2D eigenvalue weighted by Gasteiger charge is 2.26. The van der Waals surface area contributed by atoms with Gasteiger partial charge in [0.2, 0.25) is 15.9 Å². The number of sulfonamides is 1. The van der Waals surface area contributed by atoms with E-state index in [0.29, 0.717) is 11.4 Å². The molecule has 0 aliphatic heterocycles. The Morgan fingerprint density at radius 1 is 0.914 bits per heavy atom. The summed E-state index contributed by atoms with van der Waals surface area (Å²) < 4.78 is 33.9. The Morgan fingerprint density at radius 2 is 1.60 bits per heavy atom. The first-order chi connectivity index (χ1) is 16.6. The van der Waals surface area contributed by atoms with Gasteiger partial charge in [0.15, 0.2) is 0 Å². The van der Waals surface area contributed by atoms with Gasteiger partial charge in [0.25, 0.3) is 0 Å². The summed E-state index contributed by atoms with van der Waals surface area (Å²) in [6.07, 6.45) is 0.428. The number of carbonyl (C=O) groups excluding carboxylic acids is 2. The standard InChI is InChI=1S/C27H30N2O5S/c1-19(2)16-26(30)34-23-11-7-10-22(18-23)28-27(31)25(17-21-8-5-4-6-9-21)29-35(32,33)24-14-12-20(3)13-15-24/h4-15,18-19,25,29H,16-17H2,1-3H3,(H,28,31). The molecule has 0 saturated carbocycles. The molecule has 1 unspecified atom stereocenters. The van der Waals surface area contributed by atoms with Gasteiger partial charge < -0.3 is 10.1 Å². The fourth-order valence-corrected chi connectivity index (χ4v) is 4.58. The largest absolute Gasteiger partial charge is 0.426 e. The van der Waals surface area contributed by atoms with Gasteiger partial charge in [-0.15, -0.1) is 0 Å². The molecule has 7 nitrogen and oxygen atoms in total. The van der Waals surface area contributed by atoms with Crippen LogP contribution < -0.4 is 14.8 Å². The van der Waals surface area contributed by atoms with E-state index in [-0.39, 0.29) is 29.6 Å². The fraction of sp³-hybridized carbons (Fsp3) is 0.259. The van der Waals surface area contributed by atoms with Crippen molar-refractivity contribution in [2.75, 3.05) is 5.32 Å². The molecule has 0 aromatic heterocycles. The Bertz CT molecular complexity index is 1260. The number of hydrogen-bond acceptors (Lipinski definition) is 5. The van der Waals surface area contributed by atoms with Crippen LogP contribution in [0.4, 0.5) is 5.69 Å². The molecular weight excluding hydrogens is 464 g/mol. The second kappa shape index (κ2) is 11.8. The SMILES string of the molecule is Cc1ccc(S(=O)(=O)NC(Cc2ccccc2)C(=O)Nc2cccc(OC(=O)CC(C)C)c2)cc1. The number of aryl methyl sites for hydroxylation is 1. The maximum Gasteiger partial charge on any atom is 0.311 e. The molecule has 0 heterocycles. The Balaban J connectivity index is 1.80. The molecule has 0 saturated heterocycles. The first kappa shape index (κ1) is 26.1. The molecule has 0 spiro atoms. The average Bonchev–Trinajstić information content (AvgIpc) is 2.79. The van der Waals surface area contributed by atoms with E-state index in [0.717, 1.165) is 11.1 Å². The van der Waals surface area contributed by atoms with Crippen LogP contribution in [0.3, 0.4) is 0 Å². The van der Waals surface area contributed by atoms with Gasteiger partial charge in [-0.05, 0) is 49.1 Å². The highest BCUT2D eigenvalue weighted by Crippen LogP contribution is 2.20. The number of ether oxygens (including phenoxy) is 1. The predicted molar refractivity (Wildman–Crippen MR) is 136 cm³/mol. The molecule has 3 rings (SSSR count). The molecular formula is C27H30N2O5S. The van der Waals surface area contributed by atoms with Crippen LogP contribution in [0.15, 0.2) is 83.8 Å². The third-order valence-electron chi connectivity index (χ3n) is 5.14. The molecule has 0 radical (unpaired) electrons. The minimum atomic E-state index is -3.95. The highest BCUT2D eigenvalue weighted by molar-refractivity contribution is 7.89. The first-order valence-electron chi connectivity index (χ1n) is 11.4. The van der Waals surface area contributed by atoms with Crippen LogP contribution in [-0.2, 0) is 26.0 Å². The van der Waals surface area contributed by atoms with E-state index in [1.165, 1.54) is 18.2 Å². The van der Waals surface area contributed by atoms with Crippen molar-refractivity contribution in [2.45, 2.75) is 44.6 Å². The van der Waals surface area contributed by atoms with Gasteiger partial charge in [0.05, 0.1) is 4.90 Å². The van der Waals surface area contributed by atoms with Crippen LogP contribution in [0, 0.1) is 12.8 Å². The van der Waals surface area contributed by atoms with Gasteiger partial charge >= 0.3 is 5.97 Å². The number of nitrogens with one attached hydrogen (secondary N) is 2. The molecule has 0 fully saturated rings. The Kier molecular flexibility index (Phi) is 8.78. The van der Waals surface area contributed by atoms with Crippen LogP contribution >= 0.6 is 0 Å². The van der Waals surface area contributed by atoms with Gasteiger partial charge in [-0.1, -0.05) is 67.9 Å². The lowest BCUT2D eigenvalue weighted by molar-refractivity contribution is -0.135. The smallest absolute Gasteiger partial charge is 0.311 e. The molecule has 1 atom stereocenters. The molecule has 8 heteroatoms. The van der Waals surface area contributed by atoms with Crippen LogP contribution in [0.5, 0.6) is 5.75 Å². The van der Waals surface area contributed by atoms with E-state index in [1.807, 2.05) is 51.1 Å². The van der Waals surface area contributed by atoms with Crippen molar-refractivity contribution >= 4 is 27.6 Å². The third-order valence-corrected chi connectivity index (χ3v) is 6.62. The number of anilines is 1. The van der Waals surface area contributed by atoms with Crippen molar-refractivity contribution in [3.63, 3.8) is 0 Å². The second-order valence-electron chi connectivity index (χ2n) is 8.77. The van der Waals surface area contributed by atoms with E-state index in [1.54, 1.807) is 30.3 Å². The van der Waals surface area contributed by atoms with Gasteiger partial charge in [-0.25, -0.2) is 8.42 Å². The van der Waals surface area contributed by atoms with E-state index >= 15 is 0 Å². The number of rotatable bonds is 10. The monoisotopic (exact) mass is 494 g/mol. The Morgan fingerprint density at radius 3 is 2.26 bits per heavy atom. The van der Waals surface area contributed by atoms with E-state index in [2.05, 4.69) is 10.0 Å². The molecule has 3 aromatic carbocycles. The summed E-state index contributed by atoms with van der Waals surface area (Å²) >= 11 is 0. The predicted octanol–water partition coefficient (Wildman–Crippen LogP) is 4.47. The van der Waals surface area contributed by atoms with Crippen LogP contribution in [0.2, 0.25) is 0 Å². The zero-order valence-corrected chi connectivity index (χ0v) is 20.8. The molecule has 35 heavy (non-hydrogen) atoms. The lowest BCUT2D eigenvalue weighted by Crippen LogP contribution is -2.45. The van der Waals surface area contributed by atoms with Gasteiger partial charge in [0.1, 0.15) is 11.8 Å². The van der Waals surface area contributed by atoms with Crippen molar-refractivity contribution in [3.8, 4) is 5.75 Å². The van der Waals surface area contributed by atoms with Gasteiger partial charge in [-0.2, -0.15) is 4.72 Å². The Labute approximate surface area is 206 Å². The number of amides is 1. The minimum absolute atomic E-state index is 0.0769. The second-order valence-corrected chi connectivity index (χ2v) is 10.5. The number of benzene rings is 3. The molecule has 0 aliphatic rings. The molecule has 1 amide bonds. The van der Waals surface area contributed by atoms with Crippen LogP contribution in [0.25, 0.3) is 0 Å².